The first-order chi connectivity index (χ1) is 6.81. The summed E-state index contributed by atoms with van der Waals surface area (Å²) in [5.74, 6) is 0.185. The van der Waals surface area contributed by atoms with Crippen molar-refractivity contribution in [2.45, 2.75) is 19.4 Å². The molecule has 1 aliphatic rings. The molecule has 1 amide bonds. The van der Waals surface area contributed by atoms with Crippen LogP contribution in [0.2, 0.25) is 0 Å². The molecule has 1 aromatic rings. The summed E-state index contributed by atoms with van der Waals surface area (Å²) >= 11 is 1.79. The molecule has 15 heavy (non-hydrogen) atoms. The number of nitrogens with two attached hydrogens (primary N) is 1. The molecule has 0 unspecified atom stereocenters. The first kappa shape index (κ1) is 12.5. The molecule has 0 saturated carbocycles. The second-order valence-electron chi connectivity index (χ2n) is 3.47. The largest absolute Gasteiger partial charge is 0.338 e. The number of carbonyl (C=O) groups is 1. The molecule has 0 atom stereocenters. The van der Waals surface area contributed by atoms with Gasteiger partial charge in [0.1, 0.15) is 0 Å². The Kier molecular flexibility index (Phi) is 4.57. The quantitative estimate of drug-likeness (QED) is 0.858. The van der Waals surface area contributed by atoms with Gasteiger partial charge in [-0.25, -0.2) is 0 Å². The number of carbonyl (C=O) groups excluding carboxylic acids is 1. The molecule has 2 N–H and O–H groups in total. The van der Waals surface area contributed by atoms with E-state index in [1.54, 1.807) is 11.3 Å². The zero-order chi connectivity index (χ0) is 9.97. The Balaban J connectivity index is 0.00000112. The zero-order valence-corrected chi connectivity index (χ0v) is 10.1. The second kappa shape index (κ2) is 5.49. The van der Waals surface area contributed by atoms with Crippen molar-refractivity contribution in [3.05, 3.63) is 21.9 Å². The van der Waals surface area contributed by atoms with Crippen molar-refractivity contribution in [2.24, 2.45) is 5.73 Å². The fourth-order valence-electron chi connectivity index (χ4n) is 1.74. The smallest absolute Gasteiger partial charge is 0.224 e. The van der Waals surface area contributed by atoms with Gasteiger partial charge in [0.15, 0.2) is 0 Å². The lowest BCUT2D eigenvalue weighted by atomic mass is 10.1. The molecule has 0 aliphatic carbocycles. The molecule has 1 aliphatic heterocycles. The lowest BCUT2D eigenvalue weighted by Crippen LogP contribution is -2.36. The van der Waals surface area contributed by atoms with Crippen molar-refractivity contribution in [3.8, 4) is 0 Å². The van der Waals surface area contributed by atoms with Gasteiger partial charge in [-0.15, -0.1) is 23.7 Å². The van der Waals surface area contributed by atoms with Crippen LogP contribution in [0.25, 0.3) is 0 Å². The first-order valence-electron chi connectivity index (χ1n) is 4.84. The van der Waals surface area contributed by atoms with Crippen LogP contribution in [0.5, 0.6) is 0 Å². The summed E-state index contributed by atoms with van der Waals surface area (Å²) in [4.78, 5) is 14.9. The second-order valence-corrected chi connectivity index (χ2v) is 4.47. The number of fused-ring (bicyclic) bond motifs is 1. The first-order valence-corrected chi connectivity index (χ1v) is 5.72. The van der Waals surface area contributed by atoms with Gasteiger partial charge < -0.3 is 10.6 Å². The van der Waals surface area contributed by atoms with Gasteiger partial charge in [0.25, 0.3) is 0 Å². The van der Waals surface area contributed by atoms with Crippen LogP contribution in [0, 0.1) is 0 Å². The minimum Gasteiger partial charge on any atom is -0.338 e. The van der Waals surface area contributed by atoms with Gasteiger partial charge in [-0.3, -0.25) is 4.79 Å². The molecular weight excluding hydrogens is 232 g/mol. The van der Waals surface area contributed by atoms with Crippen molar-refractivity contribution in [1.29, 1.82) is 0 Å². The third-order valence-electron chi connectivity index (χ3n) is 2.52. The van der Waals surface area contributed by atoms with Crippen LogP contribution < -0.4 is 5.73 Å². The standard InChI is InChI=1S/C10H14N2OS.ClH/c11-4-1-10(13)12-5-2-9-8(7-12)3-6-14-9;/h3,6H,1-2,4-5,7,11H2;1H. The summed E-state index contributed by atoms with van der Waals surface area (Å²) in [7, 11) is 0. The Morgan fingerprint density at radius 2 is 2.40 bits per heavy atom. The van der Waals surface area contributed by atoms with Crippen molar-refractivity contribution in [1.82, 2.24) is 4.90 Å². The van der Waals surface area contributed by atoms with E-state index in [4.69, 9.17) is 5.73 Å². The summed E-state index contributed by atoms with van der Waals surface area (Å²) in [6.45, 7) is 2.08. The van der Waals surface area contributed by atoms with E-state index in [-0.39, 0.29) is 18.3 Å². The Bertz CT molecular complexity index is 340. The molecule has 84 valence electrons. The molecular formula is C10H15ClN2OS. The highest BCUT2D eigenvalue weighted by Crippen LogP contribution is 2.24. The Hall–Kier alpha value is -0.580. The normalized spacial score (nSPS) is 14.3. The molecule has 1 aromatic heterocycles. The third-order valence-corrected chi connectivity index (χ3v) is 3.54. The van der Waals surface area contributed by atoms with Crippen molar-refractivity contribution in [3.63, 3.8) is 0 Å². The maximum Gasteiger partial charge on any atom is 0.224 e. The number of halogens is 1. The highest BCUT2D eigenvalue weighted by molar-refractivity contribution is 7.10. The fourth-order valence-corrected chi connectivity index (χ4v) is 2.63. The minimum absolute atomic E-state index is 0. The van der Waals surface area contributed by atoms with E-state index in [9.17, 15) is 4.79 Å². The Morgan fingerprint density at radius 1 is 1.60 bits per heavy atom. The van der Waals surface area contributed by atoms with Gasteiger partial charge in [-0.05, 0) is 23.4 Å². The number of amides is 1. The Labute approximate surface area is 99.7 Å². The van der Waals surface area contributed by atoms with E-state index >= 15 is 0 Å². The zero-order valence-electron chi connectivity index (χ0n) is 8.44. The van der Waals surface area contributed by atoms with Crippen LogP contribution in [0.4, 0.5) is 0 Å². The summed E-state index contributed by atoms with van der Waals surface area (Å²) in [6, 6.07) is 2.11. The molecule has 0 bridgehead atoms. The summed E-state index contributed by atoms with van der Waals surface area (Å²) in [5, 5.41) is 2.10. The number of rotatable bonds is 2. The summed E-state index contributed by atoms with van der Waals surface area (Å²) < 4.78 is 0. The van der Waals surface area contributed by atoms with E-state index in [0.29, 0.717) is 13.0 Å². The van der Waals surface area contributed by atoms with E-state index in [2.05, 4.69) is 11.4 Å². The third kappa shape index (κ3) is 2.71. The fraction of sp³-hybridized carbons (Fsp3) is 0.500. The van der Waals surface area contributed by atoms with Crippen molar-refractivity contribution in [2.75, 3.05) is 13.1 Å². The maximum atomic E-state index is 11.6. The highest BCUT2D eigenvalue weighted by Gasteiger charge is 2.20. The molecule has 0 fully saturated rings. The van der Waals surface area contributed by atoms with Gasteiger partial charge in [-0.2, -0.15) is 0 Å². The predicted octanol–water partition coefficient (Wildman–Crippen LogP) is 1.40. The molecule has 2 rings (SSSR count). The van der Waals surface area contributed by atoms with Crippen molar-refractivity contribution >= 4 is 29.7 Å². The number of hydrogen-bond donors (Lipinski definition) is 1. The minimum atomic E-state index is 0. The van der Waals surface area contributed by atoms with Crippen LogP contribution >= 0.6 is 23.7 Å². The van der Waals surface area contributed by atoms with Crippen molar-refractivity contribution < 1.29 is 4.79 Å². The Morgan fingerprint density at radius 3 is 3.13 bits per heavy atom. The lowest BCUT2D eigenvalue weighted by molar-refractivity contribution is -0.131. The molecule has 0 saturated heterocycles. The maximum absolute atomic E-state index is 11.6. The molecule has 0 aromatic carbocycles. The number of thiophene rings is 1. The van der Waals surface area contributed by atoms with E-state index < -0.39 is 0 Å². The van der Waals surface area contributed by atoms with Gasteiger partial charge in [-0.1, -0.05) is 0 Å². The topological polar surface area (TPSA) is 46.3 Å². The van der Waals surface area contributed by atoms with E-state index in [0.717, 1.165) is 19.5 Å². The molecule has 2 heterocycles. The van der Waals surface area contributed by atoms with Gasteiger partial charge in [0.05, 0.1) is 0 Å². The average molecular weight is 247 g/mol. The monoisotopic (exact) mass is 246 g/mol. The summed E-state index contributed by atoms with van der Waals surface area (Å²) in [6.07, 6.45) is 1.47. The molecule has 5 heteroatoms. The van der Waals surface area contributed by atoms with Crippen LogP contribution in [0.3, 0.4) is 0 Å². The van der Waals surface area contributed by atoms with Gasteiger partial charge >= 0.3 is 0 Å². The van der Waals surface area contributed by atoms with E-state index in [1.807, 2.05) is 4.90 Å². The van der Waals surface area contributed by atoms with Crippen LogP contribution in [-0.4, -0.2) is 23.9 Å². The highest BCUT2D eigenvalue weighted by atomic mass is 35.5. The molecule has 0 spiro atoms. The predicted molar refractivity (Wildman–Crippen MR) is 64.4 cm³/mol. The van der Waals surface area contributed by atoms with E-state index in [1.165, 1.54) is 10.4 Å². The van der Waals surface area contributed by atoms with Crippen LogP contribution in [0.1, 0.15) is 16.9 Å². The average Bonchev–Trinajstić information content (AvgIpc) is 2.64. The number of hydrogen-bond acceptors (Lipinski definition) is 3. The molecule has 3 nitrogen and oxygen atoms in total. The lowest BCUT2D eigenvalue weighted by Gasteiger charge is -2.26. The van der Waals surface area contributed by atoms with Gasteiger partial charge in [0.2, 0.25) is 5.91 Å². The van der Waals surface area contributed by atoms with Crippen LogP contribution in [0.15, 0.2) is 11.4 Å². The SMILES string of the molecule is Cl.NCCC(=O)N1CCc2sccc2C1. The molecule has 0 radical (unpaired) electrons. The summed E-state index contributed by atoms with van der Waals surface area (Å²) in [5.41, 5.74) is 6.68. The van der Waals surface area contributed by atoms with Crippen LogP contribution in [-0.2, 0) is 17.8 Å². The number of nitrogens with zero attached hydrogens (tertiary/aromatic N) is 1. The van der Waals surface area contributed by atoms with Gasteiger partial charge in [0, 0.05) is 30.9 Å².